The van der Waals surface area contributed by atoms with Crippen LogP contribution in [0.4, 0.5) is 0 Å². The SMILES string of the molecule is COc1c(C)cnc(CC(N)c2cnn(C)c2)c1C. The lowest BCUT2D eigenvalue weighted by atomic mass is 10.0. The third-order valence-electron chi connectivity index (χ3n) is 3.32. The zero-order valence-corrected chi connectivity index (χ0v) is 11.8. The minimum Gasteiger partial charge on any atom is -0.496 e. The molecule has 0 aliphatic heterocycles. The van der Waals surface area contributed by atoms with Crippen molar-refractivity contribution in [2.75, 3.05) is 7.11 Å². The van der Waals surface area contributed by atoms with Crippen LogP contribution in [0.5, 0.6) is 5.75 Å². The molecule has 2 heterocycles. The van der Waals surface area contributed by atoms with Gasteiger partial charge in [0.2, 0.25) is 0 Å². The van der Waals surface area contributed by atoms with Gasteiger partial charge < -0.3 is 10.5 Å². The maximum absolute atomic E-state index is 6.20. The molecule has 0 spiro atoms. The van der Waals surface area contributed by atoms with Crippen LogP contribution in [-0.4, -0.2) is 21.9 Å². The molecule has 5 nitrogen and oxygen atoms in total. The van der Waals surface area contributed by atoms with Gasteiger partial charge in [0.25, 0.3) is 0 Å². The molecule has 0 amide bonds. The zero-order valence-electron chi connectivity index (χ0n) is 11.8. The first kappa shape index (κ1) is 13.5. The van der Waals surface area contributed by atoms with E-state index in [9.17, 15) is 0 Å². The van der Waals surface area contributed by atoms with E-state index in [1.807, 2.05) is 33.3 Å². The van der Waals surface area contributed by atoms with Crippen LogP contribution in [0.3, 0.4) is 0 Å². The molecule has 2 aromatic heterocycles. The van der Waals surface area contributed by atoms with Crippen LogP contribution in [0, 0.1) is 13.8 Å². The second-order valence-electron chi connectivity index (χ2n) is 4.80. The smallest absolute Gasteiger partial charge is 0.128 e. The Hall–Kier alpha value is -1.88. The van der Waals surface area contributed by atoms with Gasteiger partial charge in [-0.25, -0.2) is 0 Å². The first-order valence-corrected chi connectivity index (χ1v) is 6.26. The predicted octanol–water partition coefficient (Wildman–Crippen LogP) is 1.68. The van der Waals surface area contributed by atoms with Crippen molar-refractivity contribution in [2.24, 2.45) is 12.8 Å². The number of hydrogen-bond acceptors (Lipinski definition) is 4. The molecule has 0 aliphatic rings. The highest BCUT2D eigenvalue weighted by atomic mass is 16.5. The summed E-state index contributed by atoms with van der Waals surface area (Å²) in [6.07, 6.45) is 6.24. The van der Waals surface area contributed by atoms with Crippen molar-refractivity contribution < 1.29 is 4.74 Å². The lowest BCUT2D eigenvalue weighted by Crippen LogP contribution is -2.15. The van der Waals surface area contributed by atoms with Gasteiger partial charge in [-0.2, -0.15) is 5.10 Å². The highest BCUT2D eigenvalue weighted by Crippen LogP contribution is 2.26. The van der Waals surface area contributed by atoms with Gasteiger partial charge in [-0.05, 0) is 13.8 Å². The lowest BCUT2D eigenvalue weighted by molar-refractivity contribution is 0.406. The number of ether oxygens (including phenoxy) is 1. The maximum Gasteiger partial charge on any atom is 0.128 e. The molecule has 5 heteroatoms. The summed E-state index contributed by atoms with van der Waals surface area (Å²) in [5, 5.41) is 4.14. The van der Waals surface area contributed by atoms with E-state index in [0.29, 0.717) is 6.42 Å². The number of pyridine rings is 1. The molecule has 0 aromatic carbocycles. The minimum atomic E-state index is -0.104. The van der Waals surface area contributed by atoms with Crippen LogP contribution in [0.25, 0.3) is 0 Å². The Bertz CT molecular complexity index is 577. The topological polar surface area (TPSA) is 66.0 Å². The van der Waals surface area contributed by atoms with E-state index in [-0.39, 0.29) is 6.04 Å². The molecule has 0 aliphatic carbocycles. The van der Waals surface area contributed by atoms with Gasteiger partial charge in [0, 0.05) is 54.3 Å². The largest absolute Gasteiger partial charge is 0.496 e. The number of hydrogen-bond donors (Lipinski definition) is 1. The van der Waals surface area contributed by atoms with Crippen molar-refractivity contribution in [1.29, 1.82) is 0 Å². The lowest BCUT2D eigenvalue weighted by Gasteiger charge is -2.15. The summed E-state index contributed by atoms with van der Waals surface area (Å²) in [6, 6.07) is -0.104. The van der Waals surface area contributed by atoms with E-state index >= 15 is 0 Å². The van der Waals surface area contributed by atoms with E-state index in [2.05, 4.69) is 10.1 Å². The monoisotopic (exact) mass is 260 g/mol. The Kier molecular flexibility index (Phi) is 3.85. The average molecular weight is 260 g/mol. The quantitative estimate of drug-likeness (QED) is 0.908. The van der Waals surface area contributed by atoms with Gasteiger partial charge in [0.05, 0.1) is 13.3 Å². The standard InChI is InChI=1S/C14H20N4O/c1-9-6-16-13(10(2)14(9)19-4)5-12(15)11-7-17-18(3)8-11/h6-8,12H,5,15H2,1-4H3. The number of rotatable bonds is 4. The van der Waals surface area contributed by atoms with Crippen LogP contribution in [-0.2, 0) is 13.5 Å². The summed E-state index contributed by atoms with van der Waals surface area (Å²) >= 11 is 0. The fourth-order valence-electron chi connectivity index (χ4n) is 2.23. The van der Waals surface area contributed by atoms with Crippen molar-refractivity contribution in [3.8, 4) is 5.75 Å². The predicted molar refractivity (Wildman–Crippen MR) is 74.1 cm³/mol. The fraction of sp³-hybridized carbons (Fsp3) is 0.429. The highest BCUT2D eigenvalue weighted by Gasteiger charge is 2.14. The fourth-order valence-corrected chi connectivity index (χ4v) is 2.23. The van der Waals surface area contributed by atoms with Crippen LogP contribution < -0.4 is 10.5 Å². The third-order valence-corrected chi connectivity index (χ3v) is 3.32. The number of nitrogens with zero attached hydrogens (tertiary/aromatic N) is 3. The molecule has 0 saturated heterocycles. The number of aryl methyl sites for hydroxylation is 2. The molecule has 2 N–H and O–H groups in total. The normalized spacial score (nSPS) is 12.5. The second-order valence-corrected chi connectivity index (χ2v) is 4.80. The van der Waals surface area contributed by atoms with Crippen LogP contribution in [0.2, 0.25) is 0 Å². The summed E-state index contributed by atoms with van der Waals surface area (Å²) in [5.41, 5.74) is 10.3. The third kappa shape index (κ3) is 2.76. The Balaban J connectivity index is 2.24. The van der Waals surface area contributed by atoms with Gasteiger partial charge in [-0.3, -0.25) is 9.67 Å². The Morgan fingerprint density at radius 2 is 2.11 bits per heavy atom. The van der Waals surface area contributed by atoms with Gasteiger partial charge in [-0.15, -0.1) is 0 Å². The first-order valence-electron chi connectivity index (χ1n) is 6.26. The minimum absolute atomic E-state index is 0.104. The molecule has 0 fully saturated rings. The van der Waals surface area contributed by atoms with Crippen LogP contribution in [0.15, 0.2) is 18.6 Å². The molecule has 1 atom stereocenters. The highest BCUT2D eigenvalue weighted by molar-refractivity contribution is 5.41. The van der Waals surface area contributed by atoms with Gasteiger partial charge in [-0.1, -0.05) is 0 Å². The Labute approximate surface area is 113 Å². The van der Waals surface area contributed by atoms with E-state index in [1.165, 1.54) is 0 Å². The van der Waals surface area contributed by atoms with Crippen molar-refractivity contribution in [2.45, 2.75) is 26.3 Å². The van der Waals surface area contributed by atoms with Crippen molar-refractivity contribution in [1.82, 2.24) is 14.8 Å². The van der Waals surface area contributed by atoms with E-state index in [0.717, 1.165) is 28.1 Å². The molecule has 19 heavy (non-hydrogen) atoms. The molecule has 2 rings (SSSR count). The Morgan fingerprint density at radius 1 is 1.37 bits per heavy atom. The second kappa shape index (κ2) is 5.40. The Morgan fingerprint density at radius 3 is 2.68 bits per heavy atom. The number of nitrogens with two attached hydrogens (primary N) is 1. The van der Waals surface area contributed by atoms with Gasteiger partial charge >= 0.3 is 0 Å². The van der Waals surface area contributed by atoms with Crippen LogP contribution >= 0.6 is 0 Å². The molecule has 1 unspecified atom stereocenters. The molecular formula is C14H20N4O. The summed E-state index contributed by atoms with van der Waals surface area (Å²) in [5.74, 6) is 0.892. The van der Waals surface area contributed by atoms with Crippen molar-refractivity contribution in [3.63, 3.8) is 0 Å². The summed E-state index contributed by atoms with van der Waals surface area (Å²) in [6.45, 7) is 4.01. The van der Waals surface area contributed by atoms with E-state index in [1.54, 1.807) is 18.0 Å². The molecule has 0 bridgehead atoms. The number of aromatic nitrogens is 3. The van der Waals surface area contributed by atoms with Crippen LogP contribution in [0.1, 0.15) is 28.4 Å². The summed E-state index contributed by atoms with van der Waals surface area (Å²) in [4.78, 5) is 4.47. The average Bonchev–Trinajstić information content (AvgIpc) is 2.80. The van der Waals surface area contributed by atoms with Gasteiger partial charge in [0.1, 0.15) is 5.75 Å². The van der Waals surface area contributed by atoms with Crippen molar-refractivity contribution in [3.05, 3.63) is 41.0 Å². The zero-order chi connectivity index (χ0) is 14.0. The molecule has 102 valence electrons. The van der Waals surface area contributed by atoms with Crippen molar-refractivity contribution >= 4 is 0 Å². The van der Waals surface area contributed by atoms with E-state index in [4.69, 9.17) is 10.5 Å². The van der Waals surface area contributed by atoms with Gasteiger partial charge in [0.15, 0.2) is 0 Å². The summed E-state index contributed by atoms with van der Waals surface area (Å²) in [7, 11) is 3.56. The van der Waals surface area contributed by atoms with E-state index < -0.39 is 0 Å². The maximum atomic E-state index is 6.20. The molecule has 2 aromatic rings. The molecule has 0 saturated carbocycles. The number of methoxy groups -OCH3 is 1. The molecule has 0 radical (unpaired) electrons. The first-order chi connectivity index (χ1) is 9.02. The summed E-state index contributed by atoms with van der Waals surface area (Å²) < 4.78 is 7.17. The molecular weight excluding hydrogens is 240 g/mol.